The number of nitrogens with zero attached hydrogens (tertiary/aromatic N) is 2. The van der Waals surface area contributed by atoms with Gasteiger partial charge in [0.15, 0.2) is 0 Å². The number of aryl methyl sites for hydroxylation is 1. The molecule has 2 rings (SSSR count). The predicted molar refractivity (Wildman–Crippen MR) is 62.4 cm³/mol. The van der Waals surface area contributed by atoms with Gasteiger partial charge < -0.3 is 5.73 Å². The van der Waals surface area contributed by atoms with Gasteiger partial charge in [0.1, 0.15) is 11.6 Å². The molecule has 84 valence electrons. The van der Waals surface area contributed by atoms with E-state index in [4.69, 9.17) is 5.73 Å². The van der Waals surface area contributed by atoms with Crippen molar-refractivity contribution in [2.75, 3.05) is 5.73 Å². The van der Waals surface area contributed by atoms with E-state index in [1.54, 1.807) is 10.7 Å². The monoisotopic (exact) mass is 219 g/mol. The summed E-state index contributed by atoms with van der Waals surface area (Å²) in [6.07, 6.45) is 0.783. The third kappa shape index (κ3) is 1.66. The number of aromatic nitrogens is 2. The molecule has 2 N–H and O–H groups in total. The van der Waals surface area contributed by atoms with E-state index in [1.807, 2.05) is 20.0 Å². The summed E-state index contributed by atoms with van der Waals surface area (Å²) in [5.41, 5.74) is 8.47. The largest absolute Gasteiger partial charge is 0.382 e. The van der Waals surface area contributed by atoms with Gasteiger partial charge in [-0.05, 0) is 18.6 Å². The molecule has 0 saturated heterocycles. The van der Waals surface area contributed by atoms with Crippen LogP contribution in [0.4, 0.5) is 10.2 Å². The Morgan fingerprint density at radius 3 is 2.81 bits per heavy atom. The molecular weight excluding hydrogens is 205 g/mol. The van der Waals surface area contributed by atoms with Crippen molar-refractivity contribution in [2.24, 2.45) is 7.05 Å². The smallest absolute Gasteiger partial charge is 0.149 e. The average molecular weight is 219 g/mol. The highest BCUT2D eigenvalue weighted by molar-refractivity contribution is 5.68. The van der Waals surface area contributed by atoms with Gasteiger partial charge in [0.25, 0.3) is 0 Å². The number of anilines is 1. The molecule has 3 nitrogen and oxygen atoms in total. The van der Waals surface area contributed by atoms with Gasteiger partial charge in [0.2, 0.25) is 0 Å². The van der Waals surface area contributed by atoms with Crippen molar-refractivity contribution < 1.29 is 4.39 Å². The lowest BCUT2D eigenvalue weighted by Crippen LogP contribution is -1.95. The summed E-state index contributed by atoms with van der Waals surface area (Å²) in [5.74, 6) is 0.267. The van der Waals surface area contributed by atoms with Crippen LogP contribution in [0.5, 0.6) is 0 Å². The van der Waals surface area contributed by atoms with Gasteiger partial charge >= 0.3 is 0 Å². The molecule has 0 bridgehead atoms. The van der Waals surface area contributed by atoms with Crippen molar-refractivity contribution in [1.29, 1.82) is 0 Å². The normalized spacial score (nSPS) is 10.7. The molecule has 0 aliphatic carbocycles. The standard InChI is InChI=1S/C12H14FN3/c1-3-10-11(16(2)15-12(10)14)8-5-4-6-9(13)7-8/h4-7H,3H2,1-2H3,(H2,14,15). The fourth-order valence-corrected chi connectivity index (χ4v) is 1.93. The number of halogens is 1. The number of benzene rings is 1. The van der Waals surface area contributed by atoms with Crippen LogP contribution in [0, 0.1) is 5.82 Å². The Morgan fingerprint density at radius 2 is 2.19 bits per heavy atom. The van der Waals surface area contributed by atoms with E-state index in [0.717, 1.165) is 23.2 Å². The van der Waals surface area contributed by atoms with Gasteiger partial charge in [-0.15, -0.1) is 0 Å². The molecule has 0 fully saturated rings. The highest BCUT2D eigenvalue weighted by atomic mass is 19.1. The zero-order valence-electron chi connectivity index (χ0n) is 9.37. The molecule has 0 aliphatic heterocycles. The molecule has 0 aliphatic rings. The van der Waals surface area contributed by atoms with Crippen molar-refractivity contribution >= 4 is 5.82 Å². The highest BCUT2D eigenvalue weighted by Crippen LogP contribution is 2.27. The van der Waals surface area contributed by atoms with Crippen LogP contribution < -0.4 is 5.73 Å². The maximum Gasteiger partial charge on any atom is 0.149 e. The van der Waals surface area contributed by atoms with Gasteiger partial charge in [-0.3, -0.25) is 4.68 Å². The van der Waals surface area contributed by atoms with Crippen molar-refractivity contribution in [3.63, 3.8) is 0 Å². The van der Waals surface area contributed by atoms with Crippen LogP contribution in [0.3, 0.4) is 0 Å². The first-order valence-corrected chi connectivity index (χ1v) is 5.20. The van der Waals surface area contributed by atoms with Crippen molar-refractivity contribution in [1.82, 2.24) is 9.78 Å². The van der Waals surface area contributed by atoms with E-state index in [0.29, 0.717) is 5.82 Å². The molecule has 4 heteroatoms. The molecule has 1 aromatic carbocycles. The molecule has 0 unspecified atom stereocenters. The Hall–Kier alpha value is -1.84. The van der Waals surface area contributed by atoms with Crippen LogP contribution in [0.2, 0.25) is 0 Å². The number of hydrogen-bond donors (Lipinski definition) is 1. The second-order valence-electron chi connectivity index (χ2n) is 3.70. The van der Waals surface area contributed by atoms with E-state index >= 15 is 0 Å². The maximum atomic E-state index is 13.2. The van der Waals surface area contributed by atoms with Crippen LogP contribution in [0.15, 0.2) is 24.3 Å². The minimum Gasteiger partial charge on any atom is -0.382 e. The van der Waals surface area contributed by atoms with Crippen molar-refractivity contribution in [3.05, 3.63) is 35.6 Å². The minimum atomic E-state index is -0.251. The molecule has 16 heavy (non-hydrogen) atoms. The molecule has 1 aromatic heterocycles. The summed E-state index contributed by atoms with van der Waals surface area (Å²) in [4.78, 5) is 0. The third-order valence-corrected chi connectivity index (χ3v) is 2.63. The van der Waals surface area contributed by atoms with Gasteiger partial charge in [-0.1, -0.05) is 19.1 Å². The first-order valence-electron chi connectivity index (χ1n) is 5.20. The van der Waals surface area contributed by atoms with Crippen LogP contribution in [0.25, 0.3) is 11.3 Å². The Kier molecular flexibility index (Phi) is 2.64. The molecule has 0 radical (unpaired) electrons. The van der Waals surface area contributed by atoms with Crippen LogP contribution in [-0.2, 0) is 13.5 Å². The summed E-state index contributed by atoms with van der Waals surface area (Å²) in [5, 5.41) is 4.16. The van der Waals surface area contributed by atoms with Crippen LogP contribution in [0.1, 0.15) is 12.5 Å². The van der Waals surface area contributed by atoms with E-state index in [1.165, 1.54) is 12.1 Å². The lowest BCUT2D eigenvalue weighted by molar-refractivity contribution is 0.628. The van der Waals surface area contributed by atoms with Crippen LogP contribution >= 0.6 is 0 Å². The first kappa shape index (κ1) is 10.7. The number of rotatable bonds is 2. The van der Waals surface area contributed by atoms with E-state index < -0.39 is 0 Å². The molecule has 1 heterocycles. The second kappa shape index (κ2) is 3.96. The first-order chi connectivity index (χ1) is 7.63. The third-order valence-electron chi connectivity index (χ3n) is 2.63. The average Bonchev–Trinajstić information content (AvgIpc) is 2.52. The number of nitrogens with two attached hydrogens (primary N) is 1. The van der Waals surface area contributed by atoms with Crippen molar-refractivity contribution in [3.8, 4) is 11.3 Å². The summed E-state index contributed by atoms with van der Waals surface area (Å²) in [6, 6.07) is 6.47. The van der Waals surface area contributed by atoms with E-state index in [9.17, 15) is 4.39 Å². The summed E-state index contributed by atoms with van der Waals surface area (Å²) in [7, 11) is 1.82. The zero-order valence-corrected chi connectivity index (χ0v) is 9.37. The fourth-order valence-electron chi connectivity index (χ4n) is 1.93. The van der Waals surface area contributed by atoms with Gasteiger partial charge in [0.05, 0.1) is 5.69 Å². The Morgan fingerprint density at radius 1 is 1.44 bits per heavy atom. The lowest BCUT2D eigenvalue weighted by atomic mass is 10.1. The molecule has 2 aromatic rings. The summed E-state index contributed by atoms with van der Waals surface area (Å²) < 4.78 is 14.9. The Bertz CT molecular complexity index is 517. The predicted octanol–water partition coefficient (Wildman–Crippen LogP) is 2.37. The summed E-state index contributed by atoms with van der Waals surface area (Å²) in [6.45, 7) is 2.01. The molecule has 0 atom stereocenters. The highest BCUT2D eigenvalue weighted by Gasteiger charge is 2.14. The van der Waals surface area contributed by atoms with E-state index in [2.05, 4.69) is 5.10 Å². The van der Waals surface area contributed by atoms with Gasteiger partial charge in [-0.25, -0.2) is 4.39 Å². The van der Waals surface area contributed by atoms with Crippen molar-refractivity contribution in [2.45, 2.75) is 13.3 Å². The topological polar surface area (TPSA) is 43.8 Å². The molecule has 0 amide bonds. The maximum absolute atomic E-state index is 13.2. The molecule has 0 spiro atoms. The second-order valence-corrected chi connectivity index (χ2v) is 3.70. The SMILES string of the molecule is CCc1c(N)nn(C)c1-c1cccc(F)c1. The Labute approximate surface area is 93.7 Å². The minimum absolute atomic E-state index is 0.251. The molecular formula is C12H14FN3. The fraction of sp³-hybridized carbons (Fsp3) is 0.250. The van der Waals surface area contributed by atoms with Crippen LogP contribution in [-0.4, -0.2) is 9.78 Å². The molecule has 0 saturated carbocycles. The van der Waals surface area contributed by atoms with Gasteiger partial charge in [-0.2, -0.15) is 5.10 Å². The quantitative estimate of drug-likeness (QED) is 0.842. The Balaban J connectivity index is 2.63. The lowest BCUT2D eigenvalue weighted by Gasteiger charge is -2.05. The van der Waals surface area contributed by atoms with Gasteiger partial charge in [0, 0.05) is 18.2 Å². The summed E-state index contributed by atoms with van der Waals surface area (Å²) >= 11 is 0. The number of hydrogen-bond acceptors (Lipinski definition) is 2. The van der Waals surface area contributed by atoms with E-state index in [-0.39, 0.29) is 5.82 Å². The number of nitrogen functional groups attached to an aromatic ring is 1. The zero-order chi connectivity index (χ0) is 11.7.